The molecule has 0 spiro atoms. The molecule has 25 nitrogen and oxygen atoms in total. The van der Waals surface area contributed by atoms with Gasteiger partial charge in [0.2, 0.25) is 11.8 Å². The molecule has 2 aromatic heterocycles. The Kier molecular flexibility index (Phi) is 22.6. The van der Waals surface area contributed by atoms with Crippen molar-refractivity contribution in [1.29, 1.82) is 0 Å². The Balaban J connectivity index is 1.37. The van der Waals surface area contributed by atoms with Crippen LogP contribution in [0.15, 0.2) is 24.8 Å². The van der Waals surface area contributed by atoms with Crippen LogP contribution in [0.3, 0.4) is 0 Å². The Morgan fingerprint density at radius 1 is 0.984 bits per heavy atom. The van der Waals surface area contributed by atoms with Gasteiger partial charge < -0.3 is 56.0 Å². The van der Waals surface area contributed by atoms with Crippen molar-refractivity contribution in [2.45, 2.75) is 122 Å². The summed E-state index contributed by atoms with van der Waals surface area (Å²) in [5, 5.41) is 36.4. The fraction of sp³-hybridized carbons (Fsp3) is 0.714. The van der Waals surface area contributed by atoms with Gasteiger partial charge in [-0.15, -0.1) is 0 Å². The van der Waals surface area contributed by atoms with Crippen molar-refractivity contribution in [1.82, 2.24) is 30.2 Å². The molecule has 0 bridgehead atoms. The first-order valence-electron chi connectivity index (χ1n) is 20.3. The molecule has 3 rings (SSSR count). The number of nitrogen functional groups attached to an aromatic ring is 1. The normalized spacial score (nSPS) is 21.1. The fourth-order valence-electron chi connectivity index (χ4n) is 6.04. The molecule has 11 N–H and O–H groups in total. The molecule has 0 radical (unpaired) electrons. The van der Waals surface area contributed by atoms with Gasteiger partial charge in [-0.3, -0.25) is 32.5 Å². The van der Waals surface area contributed by atoms with Crippen molar-refractivity contribution < 1.29 is 85.6 Å². The second kappa shape index (κ2) is 26.0. The largest absolute Gasteiger partial charge is 0.481 e. The number of nitrogens with zero attached hydrogens (tertiary/aromatic N) is 4. The van der Waals surface area contributed by atoms with Gasteiger partial charge in [0.1, 0.15) is 36.3 Å². The van der Waals surface area contributed by atoms with Crippen molar-refractivity contribution in [2.75, 3.05) is 37.8 Å². The third-order valence-electron chi connectivity index (χ3n) is 9.47. The zero-order valence-electron chi connectivity index (χ0n) is 35.6. The molecule has 64 heavy (non-hydrogen) atoms. The highest BCUT2D eigenvalue weighted by atomic mass is 32.2. The Hall–Kier alpha value is -2.74. The summed E-state index contributed by atoms with van der Waals surface area (Å²) >= 11 is 0.984. The Labute approximate surface area is 373 Å². The van der Waals surface area contributed by atoms with Crippen molar-refractivity contribution >= 4 is 69.1 Å². The summed E-state index contributed by atoms with van der Waals surface area (Å²) in [5.74, 6) is -1.24. The molecular weight excluding hydrogens is 931 g/mol. The summed E-state index contributed by atoms with van der Waals surface area (Å²) in [6.07, 6.45) is 4.48. The van der Waals surface area contributed by atoms with Gasteiger partial charge >= 0.3 is 23.5 Å². The molecule has 0 aromatic carbocycles. The van der Waals surface area contributed by atoms with Gasteiger partial charge in [0.05, 0.1) is 25.6 Å². The van der Waals surface area contributed by atoms with E-state index in [2.05, 4.69) is 53.5 Å². The number of phosphoric ester groups is 3. The molecule has 364 valence electrons. The molecule has 0 aliphatic carbocycles. The third-order valence-corrected chi connectivity index (χ3v) is 13.5. The van der Waals surface area contributed by atoms with E-state index in [0.717, 1.165) is 54.7 Å². The van der Waals surface area contributed by atoms with E-state index in [1.54, 1.807) is 0 Å². The van der Waals surface area contributed by atoms with Crippen molar-refractivity contribution in [3.63, 3.8) is 0 Å². The number of nitrogens with one attached hydrogen (secondary N) is 2. The van der Waals surface area contributed by atoms with Crippen LogP contribution in [-0.4, -0.2) is 134 Å². The molecule has 1 saturated heterocycles. The number of imidazole rings is 1. The number of carbonyl (C=O) groups is 3. The topological polar surface area (TPSA) is 384 Å². The molecule has 1 aliphatic heterocycles. The number of hydrogen-bond acceptors (Lipinski definition) is 19. The average Bonchev–Trinajstić information content (AvgIpc) is 3.76. The first-order valence-corrected chi connectivity index (χ1v) is 25.8. The summed E-state index contributed by atoms with van der Waals surface area (Å²) in [5.41, 5.74) is 4.25. The lowest BCUT2D eigenvalue weighted by molar-refractivity contribution is -0.137. The minimum atomic E-state index is -5.59. The van der Waals surface area contributed by atoms with Crippen LogP contribution in [0.1, 0.15) is 91.2 Å². The van der Waals surface area contributed by atoms with E-state index in [4.69, 9.17) is 19.5 Å². The fourth-order valence-corrected chi connectivity index (χ4v) is 9.61. The van der Waals surface area contributed by atoms with Gasteiger partial charge in [-0.05, 0) is 32.1 Å². The number of nitrogens with two attached hydrogens (primary N) is 1. The molecule has 1 aliphatic rings. The quantitative estimate of drug-likeness (QED) is 0.0304. The van der Waals surface area contributed by atoms with Crippen LogP contribution in [0, 0.1) is 5.41 Å². The number of allylic oxidation sites excluding steroid dienone is 2. The number of carbonyl (C=O) groups excluding carboxylic acids is 3. The molecule has 0 saturated carbocycles. The lowest BCUT2D eigenvalue weighted by Crippen LogP contribution is -2.46. The summed E-state index contributed by atoms with van der Waals surface area (Å²) < 4.78 is 62.3. The maximum atomic E-state index is 12.7. The number of phosphoric acid groups is 3. The lowest BCUT2D eigenvalue weighted by Gasteiger charge is -2.30. The smallest absolute Gasteiger partial charge is 0.393 e. The second-order valence-corrected chi connectivity index (χ2v) is 20.8. The Morgan fingerprint density at radius 3 is 2.33 bits per heavy atom. The molecule has 3 heterocycles. The van der Waals surface area contributed by atoms with E-state index < -0.39 is 90.7 Å². The number of thioether (sulfide) groups is 1. The van der Waals surface area contributed by atoms with Gasteiger partial charge in [-0.1, -0.05) is 63.9 Å². The lowest BCUT2D eigenvalue weighted by atomic mass is 9.87. The Bertz CT molecular complexity index is 2010. The van der Waals surface area contributed by atoms with Crippen LogP contribution in [0.4, 0.5) is 5.82 Å². The predicted molar refractivity (Wildman–Crippen MR) is 229 cm³/mol. The molecule has 29 heteroatoms. The zero-order valence-corrected chi connectivity index (χ0v) is 39.1. The van der Waals surface area contributed by atoms with E-state index in [0.29, 0.717) is 6.42 Å². The molecule has 2 amide bonds. The van der Waals surface area contributed by atoms with E-state index in [1.165, 1.54) is 33.1 Å². The van der Waals surface area contributed by atoms with Crippen LogP contribution >= 0.6 is 35.2 Å². The summed E-state index contributed by atoms with van der Waals surface area (Å²) in [6, 6.07) is 0. The van der Waals surface area contributed by atoms with Crippen molar-refractivity contribution in [2.24, 2.45) is 5.41 Å². The summed E-state index contributed by atoms with van der Waals surface area (Å²) in [6.45, 7) is 2.54. The minimum Gasteiger partial charge on any atom is -0.393 e. The van der Waals surface area contributed by atoms with E-state index in [9.17, 15) is 63.0 Å². The van der Waals surface area contributed by atoms with Crippen LogP contribution in [0.2, 0.25) is 0 Å². The number of rotatable bonds is 30. The van der Waals surface area contributed by atoms with Gasteiger partial charge in [0, 0.05) is 37.1 Å². The standard InChI is InChI=1S/C35H60N7O18P3S/c1-4-5-6-7-8-9-10-11-12-13-23(43)18-26(45)64-17-16-37-25(44)14-15-38-33(48)30(47)35(2,3)20-57-63(54,55)60-62(52,53)56-19-24-29(59-61(49,50)51)28(46)34(58-24)42-22-41-27-31(36)39-21-40-32(27)42/h8-9,21-24,28-30,34,43,46-47H,4-7,10-20H2,1-3H3,(H,37,44)(H,38,48)(H,52,53)(H,54,55)(H2,36,39,40)(H2,49,50,51)/b9-8+. The average molecular weight is 992 g/mol. The van der Waals surface area contributed by atoms with Gasteiger partial charge in [-0.2, -0.15) is 4.31 Å². The second-order valence-electron chi connectivity index (χ2n) is 15.4. The first kappa shape index (κ1) is 55.6. The minimum absolute atomic E-state index is 0.00730. The molecule has 8 unspecified atom stereocenters. The highest BCUT2D eigenvalue weighted by Crippen LogP contribution is 2.61. The molecule has 1 fully saturated rings. The number of amides is 2. The van der Waals surface area contributed by atoms with E-state index in [1.807, 2.05) is 0 Å². The maximum absolute atomic E-state index is 12.7. The maximum Gasteiger partial charge on any atom is 0.481 e. The van der Waals surface area contributed by atoms with Crippen LogP contribution in [-0.2, 0) is 50.7 Å². The van der Waals surface area contributed by atoms with Gasteiger partial charge in [0.15, 0.2) is 22.8 Å². The highest BCUT2D eigenvalue weighted by Gasteiger charge is 2.50. The number of aliphatic hydroxyl groups is 3. The predicted octanol–water partition coefficient (Wildman–Crippen LogP) is 2.11. The van der Waals surface area contributed by atoms with Crippen molar-refractivity contribution in [3.8, 4) is 0 Å². The van der Waals surface area contributed by atoms with Gasteiger partial charge in [0.25, 0.3) is 0 Å². The first-order chi connectivity index (χ1) is 29.9. The molecule has 2 aromatic rings. The highest BCUT2D eigenvalue weighted by molar-refractivity contribution is 8.13. The summed E-state index contributed by atoms with van der Waals surface area (Å²) in [4.78, 5) is 88.2. The number of hydrogen-bond donors (Lipinski definition) is 10. The number of ether oxygens (including phenoxy) is 1. The zero-order chi connectivity index (χ0) is 47.7. The number of anilines is 1. The van der Waals surface area contributed by atoms with Crippen LogP contribution < -0.4 is 16.4 Å². The molecular formula is C35H60N7O18P3S. The molecule has 8 atom stereocenters. The Morgan fingerprint density at radius 2 is 1.66 bits per heavy atom. The monoisotopic (exact) mass is 991 g/mol. The third kappa shape index (κ3) is 19.2. The van der Waals surface area contributed by atoms with E-state index in [-0.39, 0.29) is 53.8 Å². The SMILES string of the molecule is CCCCC/C=C/CCCCC(O)CC(=O)SCCNC(=O)CCNC(=O)C(O)C(C)(C)COP(=O)(O)OP(=O)(O)OCC1OC(n2cnc3c(N)ncnc32)C(O)C1OP(=O)(O)O. The number of unbranched alkanes of at least 4 members (excludes halogenated alkanes) is 5. The van der Waals surface area contributed by atoms with Crippen LogP contribution in [0.25, 0.3) is 11.2 Å². The number of fused-ring (bicyclic) bond motifs is 1. The number of aromatic nitrogens is 4. The van der Waals surface area contributed by atoms with E-state index >= 15 is 0 Å². The van der Waals surface area contributed by atoms with Crippen LogP contribution in [0.5, 0.6) is 0 Å². The summed E-state index contributed by atoms with van der Waals surface area (Å²) in [7, 11) is -16.4. The number of aliphatic hydroxyl groups excluding tert-OH is 3. The van der Waals surface area contributed by atoms with Gasteiger partial charge in [-0.25, -0.2) is 28.6 Å². The van der Waals surface area contributed by atoms with Crippen molar-refractivity contribution in [3.05, 3.63) is 24.8 Å².